The van der Waals surface area contributed by atoms with Crippen LogP contribution in [0.1, 0.15) is 13.8 Å². The van der Waals surface area contributed by atoms with E-state index in [1.165, 1.54) is 6.92 Å². The Morgan fingerprint density at radius 2 is 2.27 bits per heavy atom. The van der Waals surface area contributed by atoms with E-state index in [-0.39, 0.29) is 5.97 Å². The highest BCUT2D eigenvalue weighted by Crippen LogP contribution is 1.81. The predicted octanol–water partition coefficient (Wildman–Crippen LogP) is 1.20. The number of nitrogens with zero attached hydrogens (tertiary/aromatic N) is 1. The maximum absolute atomic E-state index is 10.3. The Hall–Kier alpha value is -1.12. The minimum Gasteiger partial charge on any atom is -0.464 e. The van der Waals surface area contributed by atoms with Gasteiger partial charge in [-0.1, -0.05) is 6.58 Å². The second-order valence-corrected chi connectivity index (χ2v) is 2.07. The fourth-order valence-corrected chi connectivity index (χ4v) is 0.476. The predicted molar refractivity (Wildman–Crippen MR) is 44.8 cm³/mol. The summed E-state index contributed by atoms with van der Waals surface area (Å²) in [4.78, 5) is 14.3. The first-order chi connectivity index (χ1) is 5.16. The first-order valence-electron chi connectivity index (χ1n) is 3.43. The van der Waals surface area contributed by atoms with E-state index < -0.39 is 0 Å². The highest BCUT2D eigenvalue weighted by atomic mass is 16.5. The number of carbonyl (C=O) groups excluding carboxylic acids is 1. The molecule has 0 aromatic carbocycles. The van der Waals surface area contributed by atoms with Crippen LogP contribution in [0.15, 0.2) is 17.6 Å². The van der Waals surface area contributed by atoms with Crippen LogP contribution in [0.2, 0.25) is 0 Å². The summed E-state index contributed by atoms with van der Waals surface area (Å²) >= 11 is 0. The van der Waals surface area contributed by atoms with Gasteiger partial charge in [0.1, 0.15) is 6.61 Å². The van der Waals surface area contributed by atoms with Crippen molar-refractivity contribution in [3.8, 4) is 0 Å². The summed E-state index contributed by atoms with van der Waals surface area (Å²) in [6, 6.07) is 0. The number of rotatable bonds is 4. The Bertz CT molecular complexity index is 173. The zero-order valence-corrected chi connectivity index (χ0v) is 6.96. The van der Waals surface area contributed by atoms with Gasteiger partial charge in [0.25, 0.3) is 0 Å². The van der Waals surface area contributed by atoms with Gasteiger partial charge in [0.05, 0.1) is 6.54 Å². The van der Waals surface area contributed by atoms with Crippen LogP contribution >= 0.6 is 0 Å². The smallest absolute Gasteiger partial charge is 0.302 e. The fourth-order valence-electron chi connectivity index (χ4n) is 0.476. The van der Waals surface area contributed by atoms with Crippen molar-refractivity contribution in [3.63, 3.8) is 0 Å². The number of carbonyl (C=O) groups is 1. The van der Waals surface area contributed by atoms with Crippen molar-refractivity contribution in [3.05, 3.63) is 12.7 Å². The molecule has 0 aliphatic rings. The third kappa shape index (κ3) is 6.77. The number of allylic oxidation sites excluding steroid dienone is 1. The quantitative estimate of drug-likeness (QED) is 0.347. The molecule has 0 aliphatic heterocycles. The molecule has 11 heavy (non-hydrogen) atoms. The number of esters is 1. The minimum atomic E-state index is -0.267. The second-order valence-electron chi connectivity index (χ2n) is 2.07. The zero-order chi connectivity index (χ0) is 8.69. The lowest BCUT2D eigenvalue weighted by molar-refractivity contribution is -0.140. The zero-order valence-electron chi connectivity index (χ0n) is 6.96. The summed E-state index contributed by atoms with van der Waals surface area (Å²) < 4.78 is 4.66. The molecule has 0 radical (unpaired) electrons. The molecular weight excluding hydrogens is 142 g/mol. The van der Waals surface area contributed by atoms with E-state index in [2.05, 4.69) is 16.3 Å². The van der Waals surface area contributed by atoms with Crippen LogP contribution in [0.3, 0.4) is 0 Å². The van der Waals surface area contributed by atoms with Crippen molar-refractivity contribution < 1.29 is 9.53 Å². The number of ether oxygens (including phenoxy) is 1. The second kappa shape index (κ2) is 5.65. The summed E-state index contributed by atoms with van der Waals surface area (Å²) in [5.74, 6) is -0.267. The van der Waals surface area contributed by atoms with Gasteiger partial charge in [-0.3, -0.25) is 9.79 Å². The molecular formula is C8H13NO2. The van der Waals surface area contributed by atoms with E-state index in [0.29, 0.717) is 13.2 Å². The highest BCUT2D eigenvalue weighted by molar-refractivity contribution is 5.92. The van der Waals surface area contributed by atoms with E-state index in [1.54, 1.807) is 6.08 Å². The van der Waals surface area contributed by atoms with Gasteiger partial charge in [-0.05, 0) is 13.0 Å². The summed E-state index contributed by atoms with van der Waals surface area (Å²) in [5.41, 5.74) is 0.858. The maximum atomic E-state index is 10.3. The topological polar surface area (TPSA) is 38.7 Å². The Labute approximate surface area is 66.8 Å². The lowest BCUT2D eigenvalue weighted by Gasteiger charge is -1.97. The van der Waals surface area contributed by atoms with Crippen molar-refractivity contribution in [2.75, 3.05) is 13.2 Å². The van der Waals surface area contributed by atoms with Crippen molar-refractivity contribution in [2.45, 2.75) is 13.8 Å². The standard InChI is InChI=1S/C8H13NO2/c1-4-7(2)9-5-6-11-8(3)10/h4H,1,5-6H2,2-3H3. The molecule has 0 saturated carbocycles. The van der Waals surface area contributed by atoms with Gasteiger partial charge >= 0.3 is 5.97 Å². The molecule has 62 valence electrons. The molecule has 0 unspecified atom stereocenters. The molecule has 0 aliphatic carbocycles. The van der Waals surface area contributed by atoms with Crippen LogP contribution in [-0.4, -0.2) is 24.8 Å². The summed E-state index contributed by atoms with van der Waals surface area (Å²) in [6.07, 6.45) is 1.66. The molecule has 0 aromatic rings. The summed E-state index contributed by atoms with van der Waals surface area (Å²) in [6.45, 7) is 7.62. The lowest BCUT2D eigenvalue weighted by atomic mass is 10.4. The molecule has 0 aromatic heterocycles. The molecule has 3 nitrogen and oxygen atoms in total. The summed E-state index contributed by atoms with van der Waals surface area (Å²) in [7, 11) is 0. The average molecular weight is 155 g/mol. The molecule has 0 N–H and O–H groups in total. The molecule has 0 amide bonds. The molecule has 0 heterocycles. The number of hydrogen-bond donors (Lipinski definition) is 0. The third-order valence-electron chi connectivity index (χ3n) is 1.05. The van der Waals surface area contributed by atoms with Crippen LogP contribution in [0.5, 0.6) is 0 Å². The molecule has 0 bridgehead atoms. The lowest BCUT2D eigenvalue weighted by Crippen LogP contribution is -2.03. The molecule has 0 rings (SSSR count). The van der Waals surface area contributed by atoms with Crippen molar-refractivity contribution in [1.82, 2.24) is 0 Å². The molecule has 0 saturated heterocycles. The fraction of sp³-hybridized carbons (Fsp3) is 0.500. The van der Waals surface area contributed by atoms with Crippen LogP contribution in [-0.2, 0) is 9.53 Å². The van der Waals surface area contributed by atoms with Gasteiger partial charge in [0.2, 0.25) is 0 Å². The average Bonchev–Trinajstić information content (AvgIpc) is 1.97. The van der Waals surface area contributed by atoms with Gasteiger partial charge < -0.3 is 4.74 Å². The largest absolute Gasteiger partial charge is 0.464 e. The van der Waals surface area contributed by atoms with Crippen molar-refractivity contribution in [1.29, 1.82) is 0 Å². The highest BCUT2D eigenvalue weighted by Gasteiger charge is 1.89. The van der Waals surface area contributed by atoms with Gasteiger partial charge in [-0.15, -0.1) is 0 Å². The molecule has 0 spiro atoms. The van der Waals surface area contributed by atoms with Crippen molar-refractivity contribution in [2.24, 2.45) is 4.99 Å². The first-order valence-corrected chi connectivity index (χ1v) is 3.43. The molecule has 0 fully saturated rings. The van der Waals surface area contributed by atoms with Crippen LogP contribution < -0.4 is 0 Å². The van der Waals surface area contributed by atoms with E-state index in [4.69, 9.17) is 0 Å². The Morgan fingerprint density at radius 3 is 2.73 bits per heavy atom. The SMILES string of the molecule is C=CC(C)=NCCOC(C)=O. The maximum Gasteiger partial charge on any atom is 0.302 e. The Kier molecular flexibility index (Phi) is 5.07. The Morgan fingerprint density at radius 1 is 1.64 bits per heavy atom. The van der Waals surface area contributed by atoms with E-state index in [0.717, 1.165) is 5.71 Å². The third-order valence-corrected chi connectivity index (χ3v) is 1.05. The van der Waals surface area contributed by atoms with E-state index in [1.807, 2.05) is 6.92 Å². The summed E-state index contributed by atoms with van der Waals surface area (Å²) in [5, 5.41) is 0. The van der Waals surface area contributed by atoms with Gasteiger partial charge in [0, 0.05) is 12.6 Å². The van der Waals surface area contributed by atoms with Gasteiger partial charge in [-0.25, -0.2) is 0 Å². The van der Waals surface area contributed by atoms with E-state index in [9.17, 15) is 4.79 Å². The van der Waals surface area contributed by atoms with Crippen molar-refractivity contribution >= 4 is 11.7 Å². The van der Waals surface area contributed by atoms with Crippen LogP contribution in [0, 0.1) is 0 Å². The van der Waals surface area contributed by atoms with Crippen LogP contribution in [0.25, 0.3) is 0 Å². The monoisotopic (exact) mass is 155 g/mol. The first kappa shape index (κ1) is 9.88. The van der Waals surface area contributed by atoms with Gasteiger partial charge in [0.15, 0.2) is 0 Å². The van der Waals surface area contributed by atoms with Crippen LogP contribution in [0.4, 0.5) is 0 Å². The molecule has 0 atom stereocenters. The molecule has 3 heteroatoms. The Balaban J connectivity index is 3.41. The van der Waals surface area contributed by atoms with E-state index >= 15 is 0 Å². The normalized spacial score (nSPS) is 10.9. The number of aliphatic imine (C=N–C) groups is 1. The van der Waals surface area contributed by atoms with Gasteiger partial charge in [-0.2, -0.15) is 0 Å². The number of hydrogen-bond acceptors (Lipinski definition) is 3. The minimum absolute atomic E-state index is 0.267.